The Kier molecular flexibility index (Phi) is 12.4. The minimum Gasteiger partial charge on any atom is -0.305 e. The van der Waals surface area contributed by atoms with Gasteiger partial charge in [-0.25, -0.2) is 0 Å². The molecule has 5 aromatic carbocycles. The van der Waals surface area contributed by atoms with Crippen LogP contribution in [0.5, 0.6) is 0 Å². The fraction of sp³-hybridized carbons (Fsp3) is 0.320. The molecule has 7 aromatic rings. The van der Waals surface area contributed by atoms with Crippen molar-refractivity contribution in [2.24, 2.45) is 11.8 Å². The van der Waals surface area contributed by atoms with E-state index >= 15 is 0 Å². The third kappa shape index (κ3) is 9.50. The van der Waals surface area contributed by atoms with Crippen LogP contribution in [-0.2, 0) is 43.8 Å². The number of fused-ring (bicyclic) bond motifs is 5. The number of hydrogen-bond donors (Lipinski definition) is 0. The molecule has 0 saturated carbocycles. The van der Waals surface area contributed by atoms with Gasteiger partial charge in [0.25, 0.3) is 0 Å². The fourth-order valence-electron chi connectivity index (χ4n) is 7.06. The van der Waals surface area contributed by atoms with Crippen molar-refractivity contribution in [3.63, 3.8) is 0 Å². The second-order valence-corrected chi connectivity index (χ2v) is 17.2. The van der Waals surface area contributed by atoms with Crippen molar-refractivity contribution in [3.8, 4) is 22.5 Å². The third-order valence-corrected chi connectivity index (χ3v) is 9.75. The fourth-order valence-corrected chi connectivity index (χ4v) is 7.06. The van der Waals surface area contributed by atoms with Gasteiger partial charge < -0.3 is 9.97 Å². The second kappa shape index (κ2) is 16.5. The molecule has 53 heavy (non-hydrogen) atoms. The van der Waals surface area contributed by atoms with Crippen LogP contribution in [-0.4, -0.2) is 9.97 Å². The van der Waals surface area contributed by atoms with Gasteiger partial charge in [0.1, 0.15) is 0 Å². The molecule has 3 heteroatoms. The molecule has 2 aromatic heterocycles. The summed E-state index contributed by atoms with van der Waals surface area (Å²) in [6.07, 6.45) is 5.97. The van der Waals surface area contributed by atoms with Crippen molar-refractivity contribution in [1.29, 1.82) is 0 Å². The van der Waals surface area contributed by atoms with Gasteiger partial charge >= 0.3 is 0 Å². The van der Waals surface area contributed by atoms with Crippen LogP contribution >= 0.6 is 0 Å². The zero-order chi connectivity index (χ0) is 37.2. The van der Waals surface area contributed by atoms with Gasteiger partial charge in [0.15, 0.2) is 0 Å². The summed E-state index contributed by atoms with van der Waals surface area (Å²) in [7, 11) is 0. The number of benzene rings is 5. The summed E-state index contributed by atoms with van der Waals surface area (Å²) in [5, 5.41) is 7.61. The molecule has 275 valence electrons. The SMILES string of the molecule is CC(C)(C)c1cc[c-]c(-c2cc(C(C)(C)C)ccn2)c1.CC(C)Cc1[c-]c(-c2nccc3c2ccc2c4ccccc4ccc32)cc(CC(C)C)c1.[Ir]. The molecule has 2 nitrogen and oxygen atoms in total. The number of hydrogen-bond acceptors (Lipinski definition) is 2. The van der Waals surface area contributed by atoms with Crippen LogP contribution in [0.25, 0.3) is 54.8 Å². The Morgan fingerprint density at radius 1 is 0.566 bits per heavy atom. The molecule has 0 aliphatic rings. The van der Waals surface area contributed by atoms with Crippen molar-refractivity contribution in [2.75, 3.05) is 0 Å². The van der Waals surface area contributed by atoms with Gasteiger partial charge in [0, 0.05) is 32.5 Å². The van der Waals surface area contributed by atoms with Crippen LogP contribution in [0.4, 0.5) is 0 Å². The first-order chi connectivity index (χ1) is 24.7. The van der Waals surface area contributed by atoms with E-state index in [0.717, 1.165) is 35.4 Å². The first kappa shape index (κ1) is 40.0. The van der Waals surface area contributed by atoms with Crippen LogP contribution in [0, 0.1) is 24.0 Å². The van der Waals surface area contributed by atoms with Crippen LogP contribution in [0.1, 0.15) is 91.5 Å². The molecule has 0 aliphatic heterocycles. The summed E-state index contributed by atoms with van der Waals surface area (Å²) in [6.45, 7) is 22.5. The minimum absolute atomic E-state index is 0. The summed E-state index contributed by atoms with van der Waals surface area (Å²) in [5.74, 6) is 1.22. The Hall–Kier alpha value is -4.17. The third-order valence-electron chi connectivity index (χ3n) is 9.75. The monoisotopic (exact) mass is 875 g/mol. The summed E-state index contributed by atoms with van der Waals surface area (Å²) in [4.78, 5) is 9.37. The van der Waals surface area contributed by atoms with E-state index in [1.165, 1.54) is 54.6 Å². The predicted octanol–water partition coefficient (Wildman–Crippen LogP) is 13.5. The van der Waals surface area contributed by atoms with Gasteiger partial charge in [-0.1, -0.05) is 124 Å². The normalized spacial score (nSPS) is 11.9. The Morgan fingerprint density at radius 2 is 1.19 bits per heavy atom. The number of rotatable bonds is 6. The number of pyridine rings is 2. The number of nitrogens with zero attached hydrogens (tertiary/aromatic N) is 2. The molecule has 0 atom stereocenters. The van der Waals surface area contributed by atoms with Gasteiger partial charge in [0.2, 0.25) is 0 Å². The maximum atomic E-state index is 4.86. The van der Waals surface area contributed by atoms with E-state index in [4.69, 9.17) is 4.98 Å². The first-order valence-corrected chi connectivity index (χ1v) is 18.9. The smallest absolute Gasteiger partial charge is 0.0167 e. The molecular weight excluding hydrogens is 821 g/mol. The molecule has 0 N–H and O–H groups in total. The molecule has 0 saturated heterocycles. The summed E-state index contributed by atoms with van der Waals surface area (Å²) < 4.78 is 0. The van der Waals surface area contributed by atoms with Gasteiger partial charge in [-0.3, -0.25) is 0 Å². The molecular formula is C50H54IrN2-2. The Bertz CT molecular complexity index is 2250. The van der Waals surface area contributed by atoms with E-state index < -0.39 is 0 Å². The Labute approximate surface area is 331 Å². The van der Waals surface area contributed by atoms with E-state index in [-0.39, 0.29) is 30.9 Å². The standard InChI is InChI=1S/C31H30N.C19H24N.Ir/c1-20(2)15-22-17-23(16-21(3)4)19-25(18-22)31-30-12-11-27-26-8-6-5-7-24(26)9-10-28(27)29(30)13-14-32-31;1-18(2,3)15-9-7-8-14(12-15)17-13-16(10-11-20-17)19(4,5)6;/h5-14,17-18,20-21H,15-16H2,1-4H3;7,9-13H,1-6H3;/q2*-1;. The van der Waals surface area contributed by atoms with Crippen molar-refractivity contribution >= 4 is 32.3 Å². The minimum atomic E-state index is 0. The molecule has 0 aliphatic carbocycles. The zero-order valence-corrected chi connectivity index (χ0v) is 35.6. The van der Waals surface area contributed by atoms with E-state index in [9.17, 15) is 0 Å². The van der Waals surface area contributed by atoms with Gasteiger partial charge in [-0.05, 0) is 96.9 Å². The van der Waals surface area contributed by atoms with Gasteiger partial charge in [-0.15, -0.1) is 70.3 Å². The van der Waals surface area contributed by atoms with E-state index in [2.05, 4.69) is 177 Å². The van der Waals surface area contributed by atoms with Crippen LogP contribution < -0.4 is 0 Å². The van der Waals surface area contributed by atoms with E-state index in [1.54, 1.807) is 0 Å². The van der Waals surface area contributed by atoms with Crippen molar-refractivity contribution in [3.05, 3.63) is 144 Å². The Balaban J connectivity index is 0.000000223. The largest absolute Gasteiger partial charge is 0.305 e. The zero-order valence-electron chi connectivity index (χ0n) is 33.2. The van der Waals surface area contributed by atoms with Crippen molar-refractivity contribution in [2.45, 2.75) is 92.9 Å². The molecule has 0 bridgehead atoms. The summed E-state index contributed by atoms with van der Waals surface area (Å²) in [6, 6.07) is 42.1. The number of aromatic nitrogens is 2. The van der Waals surface area contributed by atoms with Crippen molar-refractivity contribution in [1.82, 2.24) is 9.97 Å². The molecule has 1 radical (unpaired) electrons. The molecule has 0 amide bonds. The van der Waals surface area contributed by atoms with Crippen molar-refractivity contribution < 1.29 is 20.1 Å². The molecule has 7 rings (SSSR count). The quantitative estimate of drug-likeness (QED) is 0.123. The van der Waals surface area contributed by atoms with Crippen LogP contribution in [0.15, 0.2) is 109 Å². The van der Waals surface area contributed by atoms with Crippen LogP contribution in [0.2, 0.25) is 0 Å². The molecule has 0 spiro atoms. The summed E-state index contributed by atoms with van der Waals surface area (Å²) in [5.41, 5.74) is 9.80. The molecule has 0 unspecified atom stereocenters. The maximum Gasteiger partial charge on any atom is 0.0167 e. The predicted molar refractivity (Wildman–Crippen MR) is 224 cm³/mol. The van der Waals surface area contributed by atoms with Gasteiger partial charge in [-0.2, -0.15) is 0 Å². The Morgan fingerprint density at radius 3 is 1.91 bits per heavy atom. The first-order valence-electron chi connectivity index (χ1n) is 18.9. The molecule has 2 heterocycles. The van der Waals surface area contributed by atoms with E-state index in [0.29, 0.717) is 11.8 Å². The topological polar surface area (TPSA) is 25.8 Å². The second-order valence-electron chi connectivity index (χ2n) is 17.2. The maximum absolute atomic E-state index is 4.86. The molecule has 0 fully saturated rings. The average molecular weight is 875 g/mol. The van der Waals surface area contributed by atoms with E-state index in [1.807, 2.05) is 18.5 Å². The summed E-state index contributed by atoms with van der Waals surface area (Å²) >= 11 is 0. The average Bonchev–Trinajstić information content (AvgIpc) is 3.10. The van der Waals surface area contributed by atoms with Gasteiger partial charge in [0.05, 0.1) is 0 Å². The van der Waals surface area contributed by atoms with Crippen LogP contribution in [0.3, 0.4) is 0 Å².